The van der Waals surface area contributed by atoms with Crippen LogP contribution in [0.4, 0.5) is 0 Å². The third-order valence-corrected chi connectivity index (χ3v) is 2.23. The molecule has 0 aliphatic heterocycles. The van der Waals surface area contributed by atoms with E-state index < -0.39 is 0 Å². The van der Waals surface area contributed by atoms with Crippen molar-refractivity contribution in [3.05, 3.63) is 24.0 Å². The first-order valence-electron chi connectivity index (χ1n) is 8.13. The molecule has 0 saturated carbocycles. The molecule has 0 aliphatic rings. The van der Waals surface area contributed by atoms with Gasteiger partial charge in [-0.25, -0.2) is 9.67 Å². The van der Waals surface area contributed by atoms with Gasteiger partial charge in [0.25, 0.3) is 0 Å². The van der Waals surface area contributed by atoms with Crippen molar-refractivity contribution in [2.24, 2.45) is 0 Å². The normalized spacial score (nSPS) is 8.55. The van der Waals surface area contributed by atoms with Crippen LogP contribution in [-0.4, -0.2) is 27.8 Å². The smallest absolute Gasteiger partial charge is 0.234 e. The average Bonchev–Trinajstić information content (AvgIpc) is 2.97. The van der Waals surface area contributed by atoms with Crippen molar-refractivity contribution in [1.29, 1.82) is 5.41 Å². The van der Waals surface area contributed by atoms with E-state index in [2.05, 4.69) is 23.9 Å². The minimum Gasteiger partial charge on any atom is -0.480 e. The zero-order chi connectivity index (χ0) is 17.5. The van der Waals surface area contributed by atoms with E-state index in [1.165, 1.54) is 13.5 Å². The van der Waals surface area contributed by atoms with Crippen molar-refractivity contribution in [1.82, 2.24) is 14.8 Å². The van der Waals surface area contributed by atoms with E-state index in [1.54, 1.807) is 10.9 Å². The average molecular weight is 308 g/mol. The van der Waals surface area contributed by atoms with Gasteiger partial charge in [0.1, 0.15) is 0 Å². The van der Waals surface area contributed by atoms with Crippen molar-refractivity contribution in [2.75, 3.05) is 7.11 Å². The summed E-state index contributed by atoms with van der Waals surface area (Å²) in [6.45, 7) is 15.0. The molecule has 1 N–H and O–H groups in total. The molecule has 0 atom stereocenters. The molecule has 5 nitrogen and oxygen atoms in total. The van der Waals surface area contributed by atoms with E-state index in [0.29, 0.717) is 5.69 Å². The van der Waals surface area contributed by atoms with E-state index in [1.807, 2.05) is 46.8 Å². The van der Waals surface area contributed by atoms with E-state index in [9.17, 15) is 0 Å². The minimum atomic E-state index is 0.0696. The molecule has 0 unspecified atom stereocenters. The molecular formula is C17H32N4O. The SMILES string of the molecule is CC.CC.CCC.CCn1nc(C(=N)OC)c2cccnc21. The van der Waals surface area contributed by atoms with Crippen LogP contribution < -0.4 is 0 Å². The standard InChI is InChI=1S/C10H12N4O.C3H8.2C2H6/c1-3-14-10-7(5-4-6-12-10)8(13-14)9(11)15-2;1-3-2;2*1-2/h4-6,11H,3H2,1-2H3;3H2,1-2H3;2*1-2H3. The number of aromatic nitrogens is 3. The van der Waals surface area contributed by atoms with E-state index >= 15 is 0 Å². The highest BCUT2D eigenvalue weighted by molar-refractivity contribution is 6.02. The van der Waals surface area contributed by atoms with Gasteiger partial charge in [0.2, 0.25) is 5.90 Å². The van der Waals surface area contributed by atoms with Gasteiger partial charge in [0.05, 0.1) is 12.5 Å². The molecule has 0 bridgehead atoms. The molecule has 0 saturated heterocycles. The molecule has 2 aromatic heterocycles. The quantitative estimate of drug-likeness (QED) is 0.634. The lowest BCUT2D eigenvalue weighted by atomic mass is 10.2. The number of ether oxygens (including phenoxy) is 1. The van der Waals surface area contributed by atoms with Crippen molar-refractivity contribution in [2.45, 2.75) is 61.4 Å². The van der Waals surface area contributed by atoms with Crippen molar-refractivity contribution in [3.8, 4) is 0 Å². The van der Waals surface area contributed by atoms with Gasteiger partial charge >= 0.3 is 0 Å². The first-order valence-corrected chi connectivity index (χ1v) is 8.13. The predicted octanol–water partition coefficient (Wildman–Crippen LogP) is 4.89. The zero-order valence-electron chi connectivity index (χ0n) is 15.4. The highest BCUT2D eigenvalue weighted by atomic mass is 16.5. The summed E-state index contributed by atoms with van der Waals surface area (Å²) in [5.74, 6) is 0.0696. The number of rotatable bonds is 2. The van der Waals surface area contributed by atoms with Crippen LogP contribution in [-0.2, 0) is 11.3 Å². The maximum absolute atomic E-state index is 7.62. The molecule has 0 radical (unpaired) electrons. The van der Waals surface area contributed by atoms with Gasteiger partial charge in [-0.05, 0) is 19.1 Å². The number of methoxy groups -OCH3 is 1. The summed E-state index contributed by atoms with van der Waals surface area (Å²) in [5.41, 5.74) is 1.33. The third kappa shape index (κ3) is 6.24. The summed E-state index contributed by atoms with van der Waals surface area (Å²) in [4.78, 5) is 4.24. The molecule has 2 heterocycles. The monoisotopic (exact) mass is 308 g/mol. The van der Waals surface area contributed by atoms with Gasteiger partial charge in [-0.2, -0.15) is 5.10 Å². The number of hydrogen-bond donors (Lipinski definition) is 1. The molecule has 22 heavy (non-hydrogen) atoms. The maximum Gasteiger partial charge on any atom is 0.234 e. The highest BCUT2D eigenvalue weighted by Crippen LogP contribution is 2.16. The highest BCUT2D eigenvalue weighted by Gasteiger charge is 2.14. The van der Waals surface area contributed by atoms with Gasteiger partial charge in [0.15, 0.2) is 11.3 Å². The van der Waals surface area contributed by atoms with Gasteiger partial charge in [-0.3, -0.25) is 5.41 Å². The molecule has 126 valence electrons. The van der Waals surface area contributed by atoms with Crippen LogP contribution in [0, 0.1) is 5.41 Å². The van der Waals surface area contributed by atoms with Crippen LogP contribution in [0.5, 0.6) is 0 Å². The number of fused-ring (bicyclic) bond motifs is 1. The largest absolute Gasteiger partial charge is 0.480 e. The lowest BCUT2D eigenvalue weighted by molar-refractivity contribution is 0.399. The van der Waals surface area contributed by atoms with E-state index in [0.717, 1.165) is 17.6 Å². The maximum atomic E-state index is 7.62. The molecule has 0 fully saturated rings. The number of hydrogen-bond acceptors (Lipinski definition) is 4. The zero-order valence-corrected chi connectivity index (χ0v) is 15.4. The third-order valence-electron chi connectivity index (χ3n) is 2.23. The Balaban J connectivity index is 0. The van der Waals surface area contributed by atoms with Crippen molar-refractivity contribution >= 4 is 16.9 Å². The summed E-state index contributed by atoms with van der Waals surface area (Å²) in [5, 5.41) is 12.8. The Morgan fingerprint density at radius 1 is 1.18 bits per heavy atom. The first-order chi connectivity index (χ1) is 10.7. The van der Waals surface area contributed by atoms with Crippen LogP contribution in [0.2, 0.25) is 0 Å². The van der Waals surface area contributed by atoms with Crippen molar-refractivity contribution < 1.29 is 4.74 Å². The molecule has 0 amide bonds. The lowest BCUT2D eigenvalue weighted by Crippen LogP contribution is -2.04. The van der Waals surface area contributed by atoms with Crippen molar-refractivity contribution in [3.63, 3.8) is 0 Å². The van der Waals surface area contributed by atoms with Crippen LogP contribution >= 0.6 is 0 Å². The number of nitrogens with one attached hydrogen (secondary N) is 1. The van der Waals surface area contributed by atoms with Gasteiger partial charge in [-0.1, -0.05) is 48.0 Å². The lowest BCUT2D eigenvalue weighted by Gasteiger charge is -1.96. The topological polar surface area (TPSA) is 63.8 Å². The molecule has 2 rings (SSSR count). The van der Waals surface area contributed by atoms with Gasteiger partial charge in [0, 0.05) is 12.7 Å². The Morgan fingerprint density at radius 2 is 1.73 bits per heavy atom. The summed E-state index contributed by atoms with van der Waals surface area (Å²) in [7, 11) is 1.47. The second-order valence-corrected chi connectivity index (χ2v) is 3.78. The summed E-state index contributed by atoms with van der Waals surface area (Å²) in [6.07, 6.45) is 2.97. The Morgan fingerprint density at radius 3 is 2.18 bits per heavy atom. The van der Waals surface area contributed by atoms with Gasteiger partial charge in [-0.15, -0.1) is 0 Å². The Labute approximate surface area is 135 Å². The molecule has 0 aliphatic carbocycles. The predicted molar refractivity (Wildman–Crippen MR) is 95.7 cm³/mol. The number of aryl methyl sites for hydroxylation is 1. The molecular weight excluding hydrogens is 276 g/mol. The summed E-state index contributed by atoms with van der Waals surface area (Å²) >= 11 is 0. The second kappa shape index (κ2) is 14.0. The molecule has 2 aromatic rings. The number of nitrogens with zero attached hydrogens (tertiary/aromatic N) is 3. The minimum absolute atomic E-state index is 0.0696. The molecule has 0 spiro atoms. The summed E-state index contributed by atoms with van der Waals surface area (Å²) < 4.78 is 6.64. The Bertz CT molecular complexity index is 520. The van der Waals surface area contributed by atoms with Crippen LogP contribution in [0.15, 0.2) is 18.3 Å². The van der Waals surface area contributed by atoms with Gasteiger partial charge < -0.3 is 4.74 Å². The fourth-order valence-corrected chi connectivity index (χ4v) is 1.49. The fourth-order valence-electron chi connectivity index (χ4n) is 1.49. The van der Waals surface area contributed by atoms with Crippen LogP contribution in [0.25, 0.3) is 11.0 Å². The fraction of sp³-hybridized carbons (Fsp3) is 0.588. The van der Waals surface area contributed by atoms with E-state index in [4.69, 9.17) is 10.1 Å². The van der Waals surface area contributed by atoms with Crippen LogP contribution in [0.1, 0.15) is 60.6 Å². The summed E-state index contributed by atoms with van der Waals surface area (Å²) in [6, 6.07) is 3.72. The van der Waals surface area contributed by atoms with E-state index in [-0.39, 0.29) is 5.90 Å². The Hall–Kier alpha value is -1.91. The number of pyridine rings is 1. The molecule has 5 heteroatoms. The second-order valence-electron chi connectivity index (χ2n) is 3.78. The Kier molecular flexibility index (Phi) is 14.3. The van der Waals surface area contributed by atoms with Crippen LogP contribution in [0.3, 0.4) is 0 Å². The first kappa shape index (κ1) is 22.4. The molecule has 0 aromatic carbocycles.